The number of anilines is 4. The van der Waals surface area contributed by atoms with Crippen LogP contribution in [0.3, 0.4) is 0 Å². The summed E-state index contributed by atoms with van der Waals surface area (Å²) in [7, 11) is 5.00. The highest BCUT2D eigenvalue weighted by atomic mass is 19.1. The number of rotatable bonds is 6. The molecule has 1 saturated carbocycles. The van der Waals surface area contributed by atoms with Crippen molar-refractivity contribution in [1.29, 1.82) is 0 Å². The molecule has 38 heavy (non-hydrogen) atoms. The van der Waals surface area contributed by atoms with Gasteiger partial charge < -0.3 is 30.1 Å². The van der Waals surface area contributed by atoms with Gasteiger partial charge in [0.25, 0.3) is 17.5 Å². The van der Waals surface area contributed by atoms with Gasteiger partial charge in [0, 0.05) is 31.7 Å². The van der Waals surface area contributed by atoms with Gasteiger partial charge in [0.1, 0.15) is 11.4 Å². The highest BCUT2D eigenvalue weighted by Crippen LogP contribution is 2.39. The molecule has 1 aromatic carbocycles. The third-order valence-corrected chi connectivity index (χ3v) is 7.52. The van der Waals surface area contributed by atoms with Gasteiger partial charge in [-0.05, 0) is 38.1 Å². The number of benzene rings is 1. The Balaban J connectivity index is 1.43. The average Bonchev–Trinajstić information content (AvgIpc) is 3.42. The first kappa shape index (κ1) is 25.7. The topological polar surface area (TPSA) is 103 Å². The second-order valence-electron chi connectivity index (χ2n) is 10.2. The molecular weight excluding hydrogens is 489 g/mol. The Morgan fingerprint density at radius 1 is 1.26 bits per heavy atom. The number of halogens is 1. The Morgan fingerprint density at radius 2 is 2.00 bits per heavy atom. The van der Waals surface area contributed by atoms with E-state index >= 15 is 4.39 Å². The van der Waals surface area contributed by atoms with Crippen molar-refractivity contribution in [1.82, 2.24) is 20.2 Å². The number of amides is 2. The predicted molar refractivity (Wildman–Crippen MR) is 143 cm³/mol. The summed E-state index contributed by atoms with van der Waals surface area (Å²) in [6, 6.07) is 5.24. The number of carbonyl (C=O) groups excluding carboxylic acids is 2. The quantitative estimate of drug-likeness (QED) is 0.559. The van der Waals surface area contributed by atoms with Gasteiger partial charge in [-0.25, -0.2) is 9.37 Å². The summed E-state index contributed by atoms with van der Waals surface area (Å²) < 4.78 is 21.2. The van der Waals surface area contributed by atoms with Crippen LogP contribution in [0, 0.1) is 12.3 Å². The summed E-state index contributed by atoms with van der Waals surface area (Å²) in [4.78, 5) is 39.8. The minimum absolute atomic E-state index is 0.0158. The van der Waals surface area contributed by atoms with E-state index in [1.807, 2.05) is 11.9 Å². The number of alkyl halides is 1. The lowest BCUT2D eigenvalue weighted by atomic mass is 10.0. The highest BCUT2D eigenvalue weighted by Gasteiger charge is 2.47. The zero-order valence-corrected chi connectivity index (χ0v) is 21.8. The number of ether oxygens (including phenoxy) is 1. The number of methoxy groups -OCH3 is 1. The Hall–Kier alpha value is -3.91. The molecule has 0 bridgehead atoms. The molecule has 2 aliphatic heterocycles. The molecule has 1 saturated heterocycles. The maximum absolute atomic E-state index is 15.7. The molecule has 0 spiro atoms. The van der Waals surface area contributed by atoms with E-state index in [1.165, 1.54) is 25.3 Å². The van der Waals surface area contributed by atoms with Gasteiger partial charge in [0.15, 0.2) is 5.82 Å². The Bertz CT molecular complexity index is 1290. The van der Waals surface area contributed by atoms with Crippen LogP contribution in [0.25, 0.3) is 0 Å². The van der Waals surface area contributed by atoms with Crippen molar-refractivity contribution in [2.24, 2.45) is 0 Å². The second kappa shape index (κ2) is 10.1. The third-order valence-electron chi connectivity index (χ3n) is 7.52. The summed E-state index contributed by atoms with van der Waals surface area (Å²) in [6.45, 7) is 1.37. The fraction of sp³-hybridized carbons (Fsp3) is 0.481. The number of nitrogens with one attached hydrogen (secondary N) is 2. The molecule has 200 valence electrons. The lowest BCUT2D eigenvalue weighted by Crippen LogP contribution is -2.57. The van der Waals surface area contributed by atoms with Crippen LogP contribution in [0.2, 0.25) is 0 Å². The molecule has 2 amide bonds. The molecule has 11 heteroatoms. The van der Waals surface area contributed by atoms with E-state index in [-0.39, 0.29) is 30.5 Å². The number of carbonyl (C=O) groups is 2. The van der Waals surface area contributed by atoms with Crippen molar-refractivity contribution in [3.05, 3.63) is 30.0 Å². The second-order valence-corrected chi connectivity index (χ2v) is 10.2. The van der Waals surface area contributed by atoms with Crippen LogP contribution in [0.5, 0.6) is 5.75 Å². The first-order chi connectivity index (χ1) is 18.2. The van der Waals surface area contributed by atoms with E-state index in [9.17, 15) is 9.59 Å². The predicted octanol–water partition coefficient (Wildman–Crippen LogP) is 2.34. The van der Waals surface area contributed by atoms with Crippen LogP contribution in [0.1, 0.15) is 36.0 Å². The van der Waals surface area contributed by atoms with Crippen LogP contribution < -0.4 is 25.2 Å². The van der Waals surface area contributed by atoms with E-state index in [4.69, 9.17) is 16.1 Å². The molecule has 1 atom stereocenters. The number of aromatic nitrogens is 2. The SMILES string of the molecule is C#C[C@@]1(F)CN(C2CCCC2)c2nc(Nc3ccc(C(=O)NC4CN(C)C4)cc3OC)ncc2N(C)C1=O. The van der Waals surface area contributed by atoms with Crippen molar-refractivity contribution in [2.45, 2.75) is 43.4 Å². The molecule has 2 fully saturated rings. The zero-order valence-electron chi connectivity index (χ0n) is 21.8. The molecule has 1 aliphatic carbocycles. The molecule has 1 aromatic heterocycles. The Morgan fingerprint density at radius 3 is 2.66 bits per heavy atom. The molecule has 5 rings (SSSR count). The number of hydrogen-bond acceptors (Lipinski definition) is 8. The van der Waals surface area contributed by atoms with Gasteiger partial charge in [-0.1, -0.05) is 18.8 Å². The Labute approximate surface area is 221 Å². The van der Waals surface area contributed by atoms with Crippen molar-refractivity contribution < 1.29 is 18.7 Å². The Kier molecular flexibility index (Phi) is 6.84. The van der Waals surface area contributed by atoms with Crippen LogP contribution in [0.4, 0.5) is 27.5 Å². The number of hydrogen-bond donors (Lipinski definition) is 2. The summed E-state index contributed by atoms with van der Waals surface area (Å²) in [5.74, 6) is 2.23. The van der Waals surface area contributed by atoms with Crippen molar-refractivity contribution in [3.8, 4) is 18.1 Å². The smallest absolute Gasteiger partial charge is 0.279 e. The highest BCUT2D eigenvalue weighted by molar-refractivity contribution is 6.05. The summed E-state index contributed by atoms with van der Waals surface area (Å²) in [5.41, 5.74) is -1.05. The normalized spacial score (nSPS) is 22.3. The van der Waals surface area contributed by atoms with Crippen LogP contribution >= 0.6 is 0 Å². The van der Waals surface area contributed by atoms with Crippen molar-refractivity contribution in [2.75, 3.05) is 56.0 Å². The molecule has 2 aromatic rings. The fourth-order valence-corrected chi connectivity index (χ4v) is 5.37. The lowest BCUT2D eigenvalue weighted by molar-refractivity contribution is -0.125. The van der Waals surface area contributed by atoms with Gasteiger partial charge in [-0.2, -0.15) is 4.98 Å². The van der Waals surface area contributed by atoms with Crippen LogP contribution in [-0.4, -0.2) is 85.3 Å². The van der Waals surface area contributed by atoms with Gasteiger partial charge in [0.05, 0.1) is 31.6 Å². The van der Waals surface area contributed by atoms with Crippen molar-refractivity contribution in [3.63, 3.8) is 0 Å². The first-order valence-corrected chi connectivity index (χ1v) is 12.8. The van der Waals surface area contributed by atoms with E-state index in [2.05, 4.69) is 26.4 Å². The number of likely N-dealkylation sites (tertiary alicyclic amines) is 1. The van der Waals surface area contributed by atoms with E-state index < -0.39 is 11.6 Å². The molecule has 2 N–H and O–H groups in total. The molecule has 10 nitrogen and oxygen atoms in total. The maximum Gasteiger partial charge on any atom is 0.279 e. The minimum atomic E-state index is -2.47. The van der Waals surface area contributed by atoms with Crippen LogP contribution in [-0.2, 0) is 4.79 Å². The van der Waals surface area contributed by atoms with Crippen molar-refractivity contribution >= 4 is 35.0 Å². The summed E-state index contributed by atoms with van der Waals surface area (Å²) in [5, 5.41) is 6.16. The standard InChI is InChI=1S/C27H32FN7O3/c1-5-27(28)16-35(19-8-6-7-9-19)23-21(34(3)25(27)37)13-29-26(32-23)31-20-11-10-17(12-22(20)38-4)24(36)30-18-14-33(2)15-18/h1,10-13,18-19H,6-9,14-16H2,2-4H3,(H,30,36)(H,29,31,32)/t27-/m1/s1. The third kappa shape index (κ3) is 4.72. The van der Waals surface area contributed by atoms with Gasteiger partial charge in [0.2, 0.25) is 5.95 Å². The fourth-order valence-electron chi connectivity index (χ4n) is 5.37. The average molecular weight is 522 g/mol. The number of nitrogens with zero attached hydrogens (tertiary/aromatic N) is 5. The molecular formula is C27H32FN7O3. The van der Waals surface area contributed by atoms with Gasteiger partial charge in [-0.3, -0.25) is 9.59 Å². The summed E-state index contributed by atoms with van der Waals surface area (Å²) in [6.07, 6.45) is 10.8. The number of fused-ring (bicyclic) bond motifs is 1. The van der Waals surface area contributed by atoms with Crippen LogP contribution in [0.15, 0.2) is 24.4 Å². The van der Waals surface area contributed by atoms with Gasteiger partial charge >= 0.3 is 0 Å². The lowest BCUT2D eigenvalue weighted by Gasteiger charge is -2.36. The van der Waals surface area contributed by atoms with E-state index in [1.54, 1.807) is 18.2 Å². The molecule has 0 radical (unpaired) electrons. The first-order valence-electron chi connectivity index (χ1n) is 12.8. The summed E-state index contributed by atoms with van der Waals surface area (Å²) >= 11 is 0. The molecule has 0 unspecified atom stereocenters. The number of terminal acetylenes is 1. The monoisotopic (exact) mass is 521 g/mol. The van der Waals surface area contributed by atoms with Gasteiger partial charge in [-0.15, -0.1) is 6.42 Å². The van der Waals surface area contributed by atoms with E-state index in [0.717, 1.165) is 38.8 Å². The minimum Gasteiger partial charge on any atom is -0.495 e. The zero-order chi connectivity index (χ0) is 27.0. The molecule has 3 heterocycles. The number of likely N-dealkylation sites (N-methyl/N-ethyl adjacent to an activating group) is 1. The largest absolute Gasteiger partial charge is 0.495 e. The maximum atomic E-state index is 15.7. The molecule has 3 aliphatic rings. The van der Waals surface area contributed by atoms with E-state index in [0.29, 0.717) is 28.5 Å².